The largest absolute Gasteiger partial charge is 0.368 e. The summed E-state index contributed by atoms with van der Waals surface area (Å²) in [6.07, 6.45) is 3.86. The van der Waals surface area contributed by atoms with Crippen LogP contribution in [0, 0.1) is 5.41 Å². The lowest BCUT2D eigenvalue weighted by molar-refractivity contribution is 0.350. The molecular formula is C12H19BrClN3. The summed E-state index contributed by atoms with van der Waals surface area (Å²) in [7, 11) is 0. The normalized spacial score (nSPS) is 11.6. The van der Waals surface area contributed by atoms with Gasteiger partial charge in [-0.2, -0.15) is 0 Å². The van der Waals surface area contributed by atoms with Crippen molar-refractivity contribution < 1.29 is 0 Å². The van der Waals surface area contributed by atoms with Crippen molar-refractivity contribution in [1.29, 1.82) is 0 Å². The second-order valence-electron chi connectivity index (χ2n) is 4.89. The first kappa shape index (κ1) is 14.7. The van der Waals surface area contributed by atoms with Crippen LogP contribution in [0.4, 0.5) is 5.82 Å². The molecule has 0 unspecified atom stereocenters. The SMILES string of the molecule is CC(C)(CCCN)CNc1ncc(Br)cc1Cl. The van der Waals surface area contributed by atoms with Crippen molar-refractivity contribution in [2.24, 2.45) is 11.1 Å². The lowest BCUT2D eigenvalue weighted by atomic mass is 9.88. The first-order chi connectivity index (χ1) is 7.94. The quantitative estimate of drug-likeness (QED) is 0.840. The molecule has 96 valence electrons. The maximum absolute atomic E-state index is 6.09. The van der Waals surface area contributed by atoms with E-state index in [2.05, 4.69) is 40.1 Å². The number of nitrogens with two attached hydrogens (primary N) is 1. The van der Waals surface area contributed by atoms with Crippen LogP contribution in [0.1, 0.15) is 26.7 Å². The molecule has 0 saturated heterocycles. The highest BCUT2D eigenvalue weighted by atomic mass is 79.9. The fourth-order valence-electron chi connectivity index (χ4n) is 1.54. The maximum atomic E-state index is 6.09. The number of hydrogen-bond acceptors (Lipinski definition) is 3. The van der Waals surface area contributed by atoms with Crippen LogP contribution < -0.4 is 11.1 Å². The number of anilines is 1. The van der Waals surface area contributed by atoms with E-state index in [0.717, 1.165) is 36.2 Å². The highest BCUT2D eigenvalue weighted by Gasteiger charge is 2.17. The molecule has 0 saturated carbocycles. The first-order valence-electron chi connectivity index (χ1n) is 5.69. The zero-order valence-corrected chi connectivity index (χ0v) is 12.6. The van der Waals surface area contributed by atoms with E-state index in [1.165, 1.54) is 0 Å². The number of halogens is 2. The molecule has 17 heavy (non-hydrogen) atoms. The number of nitrogens with zero attached hydrogens (tertiary/aromatic N) is 1. The summed E-state index contributed by atoms with van der Waals surface area (Å²) in [5, 5.41) is 3.92. The molecule has 1 rings (SSSR count). The van der Waals surface area contributed by atoms with Crippen LogP contribution in [-0.2, 0) is 0 Å². The Morgan fingerprint density at radius 2 is 2.24 bits per heavy atom. The molecule has 0 aliphatic heterocycles. The summed E-state index contributed by atoms with van der Waals surface area (Å²) in [5.74, 6) is 0.732. The van der Waals surface area contributed by atoms with Gasteiger partial charge >= 0.3 is 0 Å². The van der Waals surface area contributed by atoms with Gasteiger partial charge in [0.25, 0.3) is 0 Å². The van der Waals surface area contributed by atoms with Crippen LogP contribution in [-0.4, -0.2) is 18.1 Å². The molecule has 0 atom stereocenters. The summed E-state index contributed by atoms with van der Waals surface area (Å²) in [6, 6.07) is 1.84. The van der Waals surface area contributed by atoms with Gasteiger partial charge in [-0.3, -0.25) is 0 Å². The molecular weight excluding hydrogens is 302 g/mol. The lowest BCUT2D eigenvalue weighted by Crippen LogP contribution is -2.24. The Balaban J connectivity index is 2.54. The van der Waals surface area contributed by atoms with Crippen LogP contribution in [0.2, 0.25) is 5.02 Å². The van der Waals surface area contributed by atoms with E-state index >= 15 is 0 Å². The minimum atomic E-state index is 0.192. The van der Waals surface area contributed by atoms with Crippen LogP contribution >= 0.6 is 27.5 Å². The van der Waals surface area contributed by atoms with Crippen molar-refractivity contribution in [3.63, 3.8) is 0 Å². The number of nitrogens with one attached hydrogen (secondary N) is 1. The standard InChI is InChI=1S/C12H19BrClN3/c1-12(2,4-3-5-15)8-17-11-10(14)6-9(13)7-16-11/h6-7H,3-5,8,15H2,1-2H3,(H,16,17). The lowest BCUT2D eigenvalue weighted by Gasteiger charge is -2.25. The van der Waals surface area contributed by atoms with Gasteiger partial charge in [-0.05, 0) is 46.8 Å². The Bertz CT molecular complexity index is 369. The minimum Gasteiger partial charge on any atom is -0.368 e. The molecule has 1 aromatic heterocycles. The highest BCUT2D eigenvalue weighted by Crippen LogP contribution is 2.26. The van der Waals surface area contributed by atoms with Gasteiger partial charge in [0.2, 0.25) is 0 Å². The van der Waals surface area contributed by atoms with Crippen molar-refractivity contribution in [3.8, 4) is 0 Å². The molecule has 0 amide bonds. The van der Waals surface area contributed by atoms with Crippen molar-refractivity contribution >= 4 is 33.3 Å². The second kappa shape index (κ2) is 6.57. The van der Waals surface area contributed by atoms with E-state index in [1.807, 2.05) is 6.07 Å². The third kappa shape index (κ3) is 5.23. The first-order valence-corrected chi connectivity index (χ1v) is 6.87. The molecule has 1 heterocycles. The Labute approximate surface area is 116 Å². The van der Waals surface area contributed by atoms with Gasteiger partial charge in [-0.15, -0.1) is 0 Å². The molecule has 0 aliphatic carbocycles. The predicted octanol–water partition coefficient (Wildman–Crippen LogP) is 3.67. The van der Waals surface area contributed by atoms with Crippen molar-refractivity contribution in [1.82, 2.24) is 4.98 Å². The Morgan fingerprint density at radius 1 is 1.53 bits per heavy atom. The number of pyridine rings is 1. The van der Waals surface area contributed by atoms with Crippen LogP contribution in [0.3, 0.4) is 0 Å². The molecule has 0 aliphatic rings. The Kier molecular flexibility index (Phi) is 5.70. The molecule has 3 nitrogen and oxygen atoms in total. The van der Waals surface area contributed by atoms with Crippen LogP contribution in [0.25, 0.3) is 0 Å². The van der Waals surface area contributed by atoms with Crippen molar-refractivity contribution in [3.05, 3.63) is 21.8 Å². The van der Waals surface area contributed by atoms with Crippen molar-refractivity contribution in [2.75, 3.05) is 18.4 Å². The molecule has 0 fully saturated rings. The van der Waals surface area contributed by atoms with E-state index in [1.54, 1.807) is 6.20 Å². The molecule has 0 aromatic carbocycles. The van der Waals surface area contributed by atoms with Gasteiger partial charge in [0.1, 0.15) is 5.82 Å². The summed E-state index contributed by atoms with van der Waals surface area (Å²) >= 11 is 9.42. The zero-order chi connectivity index (χ0) is 12.9. The van der Waals surface area contributed by atoms with E-state index in [0.29, 0.717) is 5.02 Å². The molecule has 0 radical (unpaired) electrons. The molecule has 3 N–H and O–H groups in total. The highest BCUT2D eigenvalue weighted by molar-refractivity contribution is 9.10. The summed E-state index contributed by atoms with van der Waals surface area (Å²) in [6.45, 7) is 5.99. The fraction of sp³-hybridized carbons (Fsp3) is 0.583. The molecule has 0 spiro atoms. The average Bonchev–Trinajstić information content (AvgIpc) is 2.25. The average molecular weight is 321 g/mol. The van der Waals surface area contributed by atoms with Crippen LogP contribution in [0.5, 0.6) is 0 Å². The van der Waals surface area contributed by atoms with Gasteiger partial charge in [0.05, 0.1) is 5.02 Å². The van der Waals surface area contributed by atoms with Gasteiger partial charge in [-0.25, -0.2) is 4.98 Å². The summed E-state index contributed by atoms with van der Waals surface area (Å²) < 4.78 is 0.885. The zero-order valence-electron chi connectivity index (χ0n) is 10.3. The van der Waals surface area contributed by atoms with Gasteiger partial charge in [0.15, 0.2) is 0 Å². The van der Waals surface area contributed by atoms with E-state index in [-0.39, 0.29) is 5.41 Å². The smallest absolute Gasteiger partial charge is 0.144 e. The van der Waals surface area contributed by atoms with Gasteiger partial charge in [-0.1, -0.05) is 25.4 Å². The maximum Gasteiger partial charge on any atom is 0.144 e. The number of hydrogen-bond donors (Lipinski definition) is 2. The van der Waals surface area contributed by atoms with E-state index < -0.39 is 0 Å². The number of aromatic nitrogens is 1. The third-order valence-corrected chi connectivity index (χ3v) is 3.32. The molecule has 5 heteroatoms. The summed E-state index contributed by atoms with van der Waals surface area (Å²) in [5.41, 5.74) is 5.72. The summed E-state index contributed by atoms with van der Waals surface area (Å²) in [4.78, 5) is 4.25. The molecule has 0 bridgehead atoms. The van der Waals surface area contributed by atoms with Crippen molar-refractivity contribution in [2.45, 2.75) is 26.7 Å². The number of rotatable bonds is 6. The van der Waals surface area contributed by atoms with Gasteiger partial charge in [0, 0.05) is 17.2 Å². The topological polar surface area (TPSA) is 50.9 Å². The fourth-order valence-corrected chi connectivity index (χ4v) is 2.23. The van der Waals surface area contributed by atoms with E-state index in [4.69, 9.17) is 17.3 Å². The predicted molar refractivity (Wildman–Crippen MR) is 77.5 cm³/mol. The van der Waals surface area contributed by atoms with Crippen LogP contribution in [0.15, 0.2) is 16.7 Å². The second-order valence-corrected chi connectivity index (χ2v) is 6.22. The minimum absolute atomic E-state index is 0.192. The molecule has 1 aromatic rings. The Morgan fingerprint density at radius 3 is 2.82 bits per heavy atom. The van der Waals surface area contributed by atoms with Gasteiger partial charge < -0.3 is 11.1 Å². The Hall–Kier alpha value is -0.320. The monoisotopic (exact) mass is 319 g/mol. The third-order valence-electron chi connectivity index (χ3n) is 2.60. The van der Waals surface area contributed by atoms with E-state index in [9.17, 15) is 0 Å².